The number of nitrogens with one attached hydrogen (secondary N) is 1. The lowest BCUT2D eigenvalue weighted by Crippen LogP contribution is -2.37. The molecule has 118 valence electrons. The topological polar surface area (TPSA) is 89.8 Å². The van der Waals surface area contributed by atoms with Gasteiger partial charge >= 0.3 is 5.69 Å². The summed E-state index contributed by atoms with van der Waals surface area (Å²) in [5, 5.41) is 2.35. The van der Waals surface area contributed by atoms with Crippen LogP contribution in [0.5, 0.6) is 0 Å². The first kappa shape index (κ1) is 15.2. The molecule has 0 bridgehead atoms. The van der Waals surface area contributed by atoms with E-state index in [4.69, 9.17) is 0 Å². The van der Waals surface area contributed by atoms with Gasteiger partial charge in [-0.1, -0.05) is 0 Å². The quantitative estimate of drug-likeness (QED) is 0.757. The van der Waals surface area contributed by atoms with Crippen LogP contribution >= 0.6 is 11.3 Å². The van der Waals surface area contributed by atoms with Crippen molar-refractivity contribution in [2.24, 2.45) is 14.1 Å². The number of rotatable bonds is 2. The molecule has 0 atom stereocenters. The average Bonchev–Trinajstić information content (AvgIpc) is 2.99. The highest BCUT2D eigenvalue weighted by atomic mass is 32.1. The molecule has 23 heavy (non-hydrogen) atoms. The summed E-state index contributed by atoms with van der Waals surface area (Å²) >= 11 is 1.38. The summed E-state index contributed by atoms with van der Waals surface area (Å²) in [5.74, 6) is 0.404. The van der Waals surface area contributed by atoms with Gasteiger partial charge in [0.05, 0.1) is 10.9 Å². The van der Waals surface area contributed by atoms with Crippen molar-refractivity contribution in [2.75, 3.05) is 0 Å². The minimum absolute atomic E-state index is 0.215. The zero-order valence-corrected chi connectivity index (χ0v) is 13.6. The Morgan fingerprint density at radius 1 is 1.30 bits per heavy atom. The Balaban J connectivity index is 2.17. The normalized spacial score (nSPS) is 12.0. The summed E-state index contributed by atoms with van der Waals surface area (Å²) in [6, 6.07) is 1.72. The number of allylic oxidation sites excluding steroid dienone is 1. The fourth-order valence-electron chi connectivity index (χ4n) is 2.29. The lowest BCUT2D eigenvalue weighted by Gasteiger charge is -2.05. The SMILES string of the molecule is C/C(=C/c1cn(C)c(=O)n(C)c1=O)c1nc2sccc2c(=O)[nH]1. The molecule has 0 radical (unpaired) electrons. The van der Waals surface area contributed by atoms with Gasteiger partial charge in [-0.05, 0) is 30.0 Å². The van der Waals surface area contributed by atoms with E-state index < -0.39 is 11.2 Å². The molecular formula is C15H14N4O3S. The molecule has 0 aliphatic rings. The van der Waals surface area contributed by atoms with E-state index in [0.29, 0.717) is 27.2 Å². The van der Waals surface area contributed by atoms with Gasteiger partial charge in [-0.25, -0.2) is 9.78 Å². The Hall–Kier alpha value is -2.74. The summed E-state index contributed by atoms with van der Waals surface area (Å²) in [6.45, 7) is 1.75. The number of aromatic nitrogens is 4. The van der Waals surface area contributed by atoms with E-state index in [9.17, 15) is 14.4 Å². The molecule has 0 spiro atoms. The van der Waals surface area contributed by atoms with Crippen molar-refractivity contribution in [3.8, 4) is 0 Å². The lowest BCUT2D eigenvalue weighted by molar-refractivity contribution is 0.683. The van der Waals surface area contributed by atoms with Gasteiger partial charge < -0.3 is 9.55 Å². The number of hydrogen-bond donors (Lipinski definition) is 1. The second-order valence-corrected chi connectivity index (χ2v) is 6.12. The molecule has 8 heteroatoms. The van der Waals surface area contributed by atoms with Crippen LogP contribution in [0.3, 0.4) is 0 Å². The van der Waals surface area contributed by atoms with Crippen LogP contribution in [0.25, 0.3) is 21.9 Å². The first-order valence-electron chi connectivity index (χ1n) is 6.81. The maximum atomic E-state index is 12.2. The molecule has 0 aliphatic carbocycles. The van der Waals surface area contributed by atoms with Crippen LogP contribution in [0, 0.1) is 0 Å². The van der Waals surface area contributed by atoms with Crippen molar-refractivity contribution in [1.29, 1.82) is 0 Å². The molecule has 7 nitrogen and oxygen atoms in total. The maximum absolute atomic E-state index is 12.2. The van der Waals surface area contributed by atoms with Gasteiger partial charge in [0, 0.05) is 20.3 Å². The van der Waals surface area contributed by atoms with Gasteiger partial charge in [-0.3, -0.25) is 14.2 Å². The number of thiophene rings is 1. The molecule has 1 N–H and O–H groups in total. The van der Waals surface area contributed by atoms with Crippen LogP contribution in [-0.4, -0.2) is 19.1 Å². The fraction of sp³-hybridized carbons (Fsp3) is 0.200. The molecule has 0 aliphatic heterocycles. The third-order valence-corrected chi connectivity index (χ3v) is 4.36. The zero-order chi connectivity index (χ0) is 16.7. The molecule has 0 saturated carbocycles. The monoisotopic (exact) mass is 330 g/mol. The summed E-state index contributed by atoms with van der Waals surface area (Å²) in [7, 11) is 3.00. The van der Waals surface area contributed by atoms with Gasteiger partial charge in [0.25, 0.3) is 11.1 Å². The van der Waals surface area contributed by atoms with Gasteiger partial charge in [-0.15, -0.1) is 11.3 Å². The van der Waals surface area contributed by atoms with E-state index in [-0.39, 0.29) is 5.56 Å². The molecule has 0 saturated heterocycles. The van der Waals surface area contributed by atoms with E-state index in [1.54, 1.807) is 31.5 Å². The van der Waals surface area contributed by atoms with Crippen molar-refractivity contribution in [2.45, 2.75) is 6.92 Å². The van der Waals surface area contributed by atoms with E-state index in [1.807, 2.05) is 0 Å². The molecule has 0 aromatic carbocycles. The van der Waals surface area contributed by atoms with Crippen molar-refractivity contribution < 1.29 is 0 Å². The van der Waals surface area contributed by atoms with E-state index >= 15 is 0 Å². The van der Waals surface area contributed by atoms with Crippen LogP contribution < -0.4 is 16.8 Å². The van der Waals surface area contributed by atoms with Gasteiger partial charge in [-0.2, -0.15) is 0 Å². The molecule has 0 amide bonds. The Labute approximate surface area is 134 Å². The largest absolute Gasteiger partial charge is 0.330 e. The van der Waals surface area contributed by atoms with Crippen LogP contribution in [-0.2, 0) is 14.1 Å². The number of nitrogens with zero attached hydrogens (tertiary/aromatic N) is 3. The van der Waals surface area contributed by atoms with E-state index in [0.717, 1.165) is 4.57 Å². The third kappa shape index (κ3) is 2.57. The number of aromatic amines is 1. The summed E-state index contributed by atoms with van der Waals surface area (Å²) in [5.41, 5.74) is -0.0233. The minimum atomic E-state index is -0.396. The smallest absolute Gasteiger partial charge is 0.306 e. The Bertz CT molecular complexity index is 1110. The molecule has 0 unspecified atom stereocenters. The average molecular weight is 330 g/mol. The predicted octanol–water partition coefficient (Wildman–Crippen LogP) is 0.943. The fourth-order valence-corrected chi connectivity index (χ4v) is 3.05. The van der Waals surface area contributed by atoms with Crippen molar-refractivity contribution in [3.63, 3.8) is 0 Å². The molecule has 3 rings (SSSR count). The summed E-state index contributed by atoms with van der Waals surface area (Å²) in [4.78, 5) is 43.6. The number of aryl methyl sites for hydroxylation is 1. The second-order valence-electron chi connectivity index (χ2n) is 5.22. The summed E-state index contributed by atoms with van der Waals surface area (Å²) < 4.78 is 2.37. The second kappa shape index (κ2) is 5.47. The molecule has 0 fully saturated rings. The van der Waals surface area contributed by atoms with Crippen molar-refractivity contribution >= 4 is 33.2 Å². The van der Waals surface area contributed by atoms with Crippen LogP contribution in [0.2, 0.25) is 0 Å². The van der Waals surface area contributed by atoms with Gasteiger partial charge in [0.15, 0.2) is 0 Å². The lowest BCUT2D eigenvalue weighted by atomic mass is 10.2. The molecule has 3 aromatic heterocycles. The van der Waals surface area contributed by atoms with Crippen LogP contribution in [0.15, 0.2) is 32.0 Å². The van der Waals surface area contributed by atoms with Crippen LogP contribution in [0.4, 0.5) is 0 Å². The number of H-pyrrole nitrogens is 1. The first-order valence-corrected chi connectivity index (χ1v) is 7.69. The number of hydrogen-bond acceptors (Lipinski definition) is 5. The standard InChI is InChI=1S/C15H14N4O3S/c1-8(6-9-7-18(2)15(22)19(3)14(9)21)11-16-12(20)10-4-5-23-13(10)17-11/h4-7H,1-3H3,(H,16,17,20)/b8-6-. The highest BCUT2D eigenvalue weighted by Gasteiger charge is 2.09. The Morgan fingerprint density at radius 2 is 2.04 bits per heavy atom. The Morgan fingerprint density at radius 3 is 2.78 bits per heavy atom. The van der Waals surface area contributed by atoms with Gasteiger partial charge in [0.2, 0.25) is 0 Å². The summed E-state index contributed by atoms with van der Waals surface area (Å²) in [6.07, 6.45) is 3.08. The Kier molecular flexibility index (Phi) is 3.61. The molecule has 3 heterocycles. The maximum Gasteiger partial charge on any atom is 0.330 e. The molecular weight excluding hydrogens is 316 g/mol. The zero-order valence-electron chi connectivity index (χ0n) is 12.8. The highest BCUT2D eigenvalue weighted by molar-refractivity contribution is 7.16. The van der Waals surface area contributed by atoms with Crippen LogP contribution in [0.1, 0.15) is 18.3 Å². The first-order chi connectivity index (χ1) is 10.9. The van der Waals surface area contributed by atoms with E-state index in [1.165, 1.54) is 29.1 Å². The van der Waals surface area contributed by atoms with E-state index in [2.05, 4.69) is 9.97 Å². The highest BCUT2D eigenvalue weighted by Crippen LogP contribution is 2.17. The third-order valence-electron chi connectivity index (χ3n) is 3.55. The number of fused-ring (bicyclic) bond motifs is 1. The van der Waals surface area contributed by atoms with Crippen molar-refractivity contribution in [1.82, 2.24) is 19.1 Å². The minimum Gasteiger partial charge on any atom is -0.306 e. The molecule has 3 aromatic rings. The predicted molar refractivity (Wildman–Crippen MR) is 90.7 cm³/mol. The van der Waals surface area contributed by atoms with Crippen molar-refractivity contribution in [3.05, 3.63) is 60.2 Å². The van der Waals surface area contributed by atoms with Gasteiger partial charge in [0.1, 0.15) is 10.7 Å².